The SMILES string of the molecule is COc1ccc(/C=C/C(=O)Nc2cccc(C(F)(F)F)c2)cc1S(=O)(=O)N1CCOCC1. The number of carbonyl (C=O) groups excluding carboxylic acids is 1. The van der Waals surface area contributed by atoms with Crippen LogP contribution in [0.2, 0.25) is 0 Å². The lowest BCUT2D eigenvalue weighted by molar-refractivity contribution is -0.137. The standard InChI is InChI=1S/C21H21F3N2O5S/c1-30-18-7-5-15(13-19(18)32(28,29)26-9-11-31-12-10-26)6-8-20(27)25-17-4-2-3-16(14-17)21(22,23)24/h2-8,13-14H,9-12H2,1H3,(H,25,27)/b8-6+. The van der Waals surface area contributed by atoms with E-state index in [9.17, 15) is 26.4 Å². The number of amides is 1. The monoisotopic (exact) mass is 470 g/mol. The molecular weight excluding hydrogens is 449 g/mol. The summed E-state index contributed by atoms with van der Waals surface area (Å²) in [5.41, 5.74) is -0.496. The van der Waals surface area contributed by atoms with Crippen LogP contribution in [0.3, 0.4) is 0 Å². The Morgan fingerprint density at radius 2 is 1.88 bits per heavy atom. The van der Waals surface area contributed by atoms with Crippen molar-refractivity contribution in [2.45, 2.75) is 11.1 Å². The highest BCUT2D eigenvalue weighted by molar-refractivity contribution is 7.89. The highest BCUT2D eigenvalue weighted by Gasteiger charge is 2.31. The van der Waals surface area contributed by atoms with Crippen molar-refractivity contribution in [3.63, 3.8) is 0 Å². The van der Waals surface area contributed by atoms with Gasteiger partial charge in [-0.25, -0.2) is 8.42 Å². The molecule has 1 aliphatic heterocycles. The second kappa shape index (κ2) is 9.72. The molecule has 0 spiro atoms. The molecule has 7 nitrogen and oxygen atoms in total. The highest BCUT2D eigenvalue weighted by atomic mass is 32.2. The normalized spacial score (nSPS) is 15.6. The molecule has 11 heteroatoms. The van der Waals surface area contributed by atoms with Crippen LogP contribution in [0.1, 0.15) is 11.1 Å². The Bertz CT molecular complexity index is 1110. The third-order valence-corrected chi connectivity index (χ3v) is 6.58. The highest BCUT2D eigenvalue weighted by Crippen LogP contribution is 2.31. The number of halogens is 3. The van der Waals surface area contributed by atoms with Gasteiger partial charge in [0.2, 0.25) is 15.9 Å². The smallest absolute Gasteiger partial charge is 0.416 e. The first-order valence-electron chi connectivity index (χ1n) is 9.53. The topological polar surface area (TPSA) is 84.9 Å². The molecule has 1 saturated heterocycles. The molecule has 1 amide bonds. The predicted octanol–water partition coefficient (Wildman–Crippen LogP) is 3.39. The van der Waals surface area contributed by atoms with Crippen LogP contribution in [0.5, 0.6) is 5.75 Å². The van der Waals surface area contributed by atoms with Crippen molar-refractivity contribution < 1.29 is 35.9 Å². The van der Waals surface area contributed by atoms with Crippen molar-refractivity contribution in [1.29, 1.82) is 0 Å². The molecule has 3 rings (SSSR count). The molecule has 1 N–H and O–H groups in total. The number of hydrogen-bond donors (Lipinski definition) is 1. The summed E-state index contributed by atoms with van der Waals surface area (Å²) < 4.78 is 76.1. The molecule has 0 unspecified atom stereocenters. The first kappa shape index (κ1) is 23.8. The van der Waals surface area contributed by atoms with Crippen LogP contribution in [0.25, 0.3) is 6.08 Å². The van der Waals surface area contributed by atoms with Crippen LogP contribution >= 0.6 is 0 Å². The third kappa shape index (κ3) is 5.67. The van der Waals surface area contributed by atoms with Gasteiger partial charge < -0.3 is 14.8 Å². The molecule has 1 fully saturated rings. The molecule has 1 aliphatic rings. The summed E-state index contributed by atoms with van der Waals surface area (Å²) in [5, 5.41) is 2.35. The van der Waals surface area contributed by atoms with E-state index in [-0.39, 0.29) is 42.6 Å². The number of hydrogen-bond acceptors (Lipinski definition) is 5. The number of anilines is 1. The molecule has 2 aromatic rings. The van der Waals surface area contributed by atoms with Gasteiger partial charge in [-0.3, -0.25) is 4.79 Å². The average Bonchev–Trinajstić information content (AvgIpc) is 2.77. The van der Waals surface area contributed by atoms with Gasteiger partial charge in [-0.2, -0.15) is 17.5 Å². The van der Waals surface area contributed by atoms with Gasteiger partial charge in [-0.15, -0.1) is 0 Å². The number of methoxy groups -OCH3 is 1. The van der Waals surface area contributed by atoms with E-state index >= 15 is 0 Å². The first-order chi connectivity index (χ1) is 15.1. The van der Waals surface area contributed by atoms with Crippen LogP contribution in [0, 0.1) is 0 Å². The summed E-state index contributed by atoms with van der Waals surface area (Å²) in [6.07, 6.45) is -2.06. The van der Waals surface area contributed by atoms with Gasteiger partial charge in [-0.1, -0.05) is 12.1 Å². The zero-order valence-electron chi connectivity index (χ0n) is 17.1. The van der Waals surface area contributed by atoms with Gasteiger partial charge in [0.25, 0.3) is 0 Å². The molecule has 0 radical (unpaired) electrons. The molecule has 0 aliphatic carbocycles. The summed E-state index contributed by atoms with van der Waals surface area (Å²) in [6.45, 7) is 1.00. The Balaban J connectivity index is 1.79. The van der Waals surface area contributed by atoms with Crippen LogP contribution in [0.15, 0.2) is 53.4 Å². The summed E-state index contributed by atoms with van der Waals surface area (Å²) >= 11 is 0. The summed E-state index contributed by atoms with van der Waals surface area (Å²) in [4.78, 5) is 12.1. The third-order valence-electron chi connectivity index (χ3n) is 4.66. The van der Waals surface area contributed by atoms with Crippen molar-refractivity contribution in [3.8, 4) is 5.75 Å². The predicted molar refractivity (Wildman–Crippen MR) is 112 cm³/mol. The van der Waals surface area contributed by atoms with Gasteiger partial charge in [0.1, 0.15) is 10.6 Å². The number of nitrogens with one attached hydrogen (secondary N) is 1. The molecule has 0 saturated carbocycles. The summed E-state index contributed by atoms with van der Waals surface area (Å²) in [6, 6.07) is 8.65. The molecule has 0 aromatic heterocycles. The van der Waals surface area contributed by atoms with Crippen LogP contribution < -0.4 is 10.1 Å². The molecule has 0 bridgehead atoms. The van der Waals surface area contributed by atoms with Gasteiger partial charge in [0.05, 0.1) is 25.9 Å². The molecule has 2 aromatic carbocycles. The minimum absolute atomic E-state index is 0.0141. The number of ether oxygens (including phenoxy) is 2. The fourth-order valence-corrected chi connectivity index (χ4v) is 4.65. The van der Waals surface area contributed by atoms with E-state index in [1.165, 1.54) is 41.8 Å². The lowest BCUT2D eigenvalue weighted by Crippen LogP contribution is -2.40. The van der Waals surface area contributed by atoms with Gasteiger partial charge >= 0.3 is 6.18 Å². The number of alkyl halides is 3. The number of morpholine rings is 1. The van der Waals surface area contributed by atoms with E-state index < -0.39 is 27.7 Å². The van der Waals surface area contributed by atoms with E-state index in [4.69, 9.17) is 9.47 Å². The van der Waals surface area contributed by atoms with Gasteiger partial charge in [0.15, 0.2) is 0 Å². The largest absolute Gasteiger partial charge is 0.495 e. The van der Waals surface area contributed by atoms with E-state index in [0.29, 0.717) is 5.56 Å². The molecule has 32 heavy (non-hydrogen) atoms. The van der Waals surface area contributed by atoms with Crippen molar-refractivity contribution in [2.75, 3.05) is 38.7 Å². The van der Waals surface area contributed by atoms with Crippen molar-refractivity contribution in [2.24, 2.45) is 0 Å². The zero-order chi connectivity index (χ0) is 23.4. The lowest BCUT2D eigenvalue weighted by atomic mass is 10.2. The first-order valence-corrected chi connectivity index (χ1v) is 11.0. The van der Waals surface area contributed by atoms with E-state index in [1.807, 2.05) is 0 Å². The number of carbonyl (C=O) groups is 1. The van der Waals surface area contributed by atoms with Crippen LogP contribution in [-0.2, 0) is 25.7 Å². The maximum absolute atomic E-state index is 13.0. The maximum Gasteiger partial charge on any atom is 0.416 e. The fourth-order valence-electron chi connectivity index (χ4n) is 3.05. The van der Waals surface area contributed by atoms with Crippen molar-refractivity contribution in [3.05, 3.63) is 59.7 Å². The second-order valence-electron chi connectivity index (χ2n) is 6.83. The number of sulfonamides is 1. The zero-order valence-corrected chi connectivity index (χ0v) is 17.9. The Labute approximate surface area is 183 Å². The second-order valence-corrected chi connectivity index (χ2v) is 8.73. The number of benzene rings is 2. The van der Waals surface area contributed by atoms with Gasteiger partial charge in [-0.05, 0) is 42.0 Å². The average molecular weight is 470 g/mol. The molecule has 172 valence electrons. The quantitative estimate of drug-likeness (QED) is 0.655. The van der Waals surface area contributed by atoms with E-state index in [2.05, 4.69) is 5.32 Å². The van der Waals surface area contributed by atoms with E-state index in [0.717, 1.165) is 18.2 Å². The molecule has 0 atom stereocenters. The van der Waals surface area contributed by atoms with E-state index in [1.54, 1.807) is 6.07 Å². The van der Waals surface area contributed by atoms with Crippen molar-refractivity contribution in [1.82, 2.24) is 4.31 Å². The Hall–Kier alpha value is -2.89. The number of rotatable bonds is 6. The minimum atomic E-state index is -4.53. The van der Waals surface area contributed by atoms with Gasteiger partial charge in [0, 0.05) is 24.9 Å². The Morgan fingerprint density at radius 3 is 2.53 bits per heavy atom. The van der Waals surface area contributed by atoms with Crippen LogP contribution in [-0.4, -0.2) is 52.0 Å². The Kier molecular flexibility index (Phi) is 7.22. The Morgan fingerprint density at radius 1 is 1.16 bits per heavy atom. The maximum atomic E-state index is 13.0. The molecule has 1 heterocycles. The lowest BCUT2D eigenvalue weighted by Gasteiger charge is -2.26. The van der Waals surface area contributed by atoms with Crippen LogP contribution in [0.4, 0.5) is 18.9 Å². The summed E-state index contributed by atoms with van der Waals surface area (Å²) in [7, 11) is -2.49. The number of nitrogens with zero attached hydrogens (tertiary/aromatic N) is 1. The molecular formula is C21H21F3N2O5S. The summed E-state index contributed by atoms with van der Waals surface area (Å²) in [5.74, 6) is -0.514. The fraction of sp³-hybridized carbons (Fsp3) is 0.286. The minimum Gasteiger partial charge on any atom is -0.495 e. The van der Waals surface area contributed by atoms with Crippen molar-refractivity contribution >= 4 is 27.7 Å².